The van der Waals surface area contributed by atoms with Gasteiger partial charge in [-0.15, -0.1) is 0 Å². The minimum absolute atomic E-state index is 0.0513. The monoisotopic (exact) mass is 280 g/mol. The molecule has 1 unspecified atom stereocenters. The van der Waals surface area contributed by atoms with Gasteiger partial charge in [0.25, 0.3) is 5.91 Å². The number of nitrogens with one attached hydrogen (secondary N) is 2. The van der Waals surface area contributed by atoms with E-state index in [-0.39, 0.29) is 5.91 Å². The maximum Gasteiger partial charge on any atom is 0.251 e. The third-order valence-electron chi connectivity index (χ3n) is 4.08. The van der Waals surface area contributed by atoms with Crippen LogP contribution in [0.3, 0.4) is 0 Å². The molecule has 21 heavy (non-hydrogen) atoms. The van der Waals surface area contributed by atoms with Crippen molar-refractivity contribution in [3.05, 3.63) is 65.2 Å². The van der Waals surface area contributed by atoms with Crippen molar-refractivity contribution in [2.75, 3.05) is 12.4 Å². The lowest BCUT2D eigenvalue weighted by Gasteiger charge is -2.27. The van der Waals surface area contributed by atoms with Gasteiger partial charge in [0.15, 0.2) is 0 Å². The number of carbonyl (C=O) groups is 1. The van der Waals surface area contributed by atoms with Crippen molar-refractivity contribution in [1.29, 1.82) is 0 Å². The fourth-order valence-electron chi connectivity index (χ4n) is 2.97. The lowest BCUT2D eigenvalue weighted by molar-refractivity contribution is 0.0963. The van der Waals surface area contributed by atoms with Crippen LogP contribution >= 0.6 is 0 Å². The first-order valence-corrected chi connectivity index (χ1v) is 7.44. The predicted octanol–water partition coefficient (Wildman–Crippen LogP) is 3.54. The van der Waals surface area contributed by atoms with E-state index in [9.17, 15) is 4.79 Å². The average molecular weight is 280 g/mol. The van der Waals surface area contributed by atoms with Crippen molar-refractivity contribution >= 4 is 11.6 Å². The Bertz CT molecular complexity index is 634. The van der Waals surface area contributed by atoms with Crippen LogP contribution in [0.2, 0.25) is 0 Å². The largest absolute Gasteiger partial charge is 0.378 e. The Morgan fingerprint density at radius 1 is 1.10 bits per heavy atom. The molecule has 1 amide bonds. The summed E-state index contributed by atoms with van der Waals surface area (Å²) in [6.45, 7) is 0. The third-order valence-corrected chi connectivity index (χ3v) is 4.08. The van der Waals surface area contributed by atoms with Crippen LogP contribution in [0, 0.1) is 0 Å². The summed E-state index contributed by atoms with van der Waals surface area (Å²) in [5.41, 5.74) is 4.60. The van der Waals surface area contributed by atoms with Crippen LogP contribution in [0.15, 0.2) is 48.5 Å². The fraction of sp³-hybridized carbons (Fsp3) is 0.278. The standard InChI is InChI=1S/C18H20N2O/c1-19-18(21)14-9-11-15(12-10-14)20-17-8-4-6-13-5-2-3-7-16(13)17/h2-3,5,7,9-12,17,20H,4,6,8H2,1H3,(H,19,21). The first-order chi connectivity index (χ1) is 10.3. The molecule has 3 heteroatoms. The van der Waals surface area contributed by atoms with Gasteiger partial charge in [-0.05, 0) is 54.7 Å². The summed E-state index contributed by atoms with van der Waals surface area (Å²) in [7, 11) is 1.65. The van der Waals surface area contributed by atoms with Crippen LogP contribution in [0.1, 0.15) is 40.4 Å². The van der Waals surface area contributed by atoms with Gasteiger partial charge in [-0.25, -0.2) is 0 Å². The lowest BCUT2D eigenvalue weighted by Crippen LogP contribution is -2.18. The quantitative estimate of drug-likeness (QED) is 0.903. The van der Waals surface area contributed by atoms with Crippen LogP contribution < -0.4 is 10.6 Å². The van der Waals surface area contributed by atoms with E-state index in [0.717, 1.165) is 12.1 Å². The summed E-state index contributed by atoms with van der Waals surface area (Å²) in [5, 5.41) is 6.23. The summed E-state index contributed by atoms with van der Waals surface area (Å²) < 4.78 is 0. The molecule has 0 bridgehead atoms. The number of anilines is 1. The van der Waals surface area contributed by atoms with Crippen LogP contribution in [0.4, 0.5) is 5.69 Å². The van der Waals surface area contributed by atoms with Gasteiger partial charge in [-0.1, -0.05) is 24.3 Å². The Morgan fingerprint density at radius 2 is 1.86 bits per heavy atom. The highest BCUT2D eigenvalue weighted by molar-refractivity contribution is 5.94. The number of benzene rings is 2. The normalized spacial score (nSPS) is 16.9. The molecule has 1 aliphatic rings. The molecule has 3 nitrogen and oxygen atoms in total. The topological polar surface area (TPSA) is 41.1 Å². The zero-order chi connectivity index (χ0) is 14.7. The van der Waals surface area contributed by atoms with Crippen molar-refractivity contribution in [3.63, 3.8) is 0 Å². The molecule has 0 spiro atoms. The zero-order valence-electron chi connectivity index (χ0n) is 12.2. The van der Waals surface area contributed by atoms with E-state index in [4.69, 9.17) is 0 Å². The average Bonchev–Trinajstić information content (AvgIpc) is 2.55. The molecule has 0 radical (unpaired) electrons. The van der Waals surface area contributed by atoms with Crippen molar-refractivity contribution < 1.29 is 4.79 Å². The van der Waals surface area contributed by atoms with E-state index in [0.29, 0.717) is 11.6 Å². The Morgan fingerprint density at radius 3 is 2.62 bits per heavy atom. The number of rotatable bonds is 3. The van der Waals surface area contributed by atoms with Crippen LogP contribution in [0.25, 0.3) is 0 Å². The molecule has 1 aliphatic carbocycles. The second kappa shape index (κ2) is 6.00. The number of amides is 1. The van der Waals surface area contributed by atoms with Crippen molar-refractivity contribution in [1.82, 2.24) is 5.32 Å². The van der Waals surface area contributed by atoms with Crippen molar-refractivity contribution in [2.24, 2.45) is 0 Å². The third kappa shape index (κ3) is 2.92. The van der Waals surface area contributed by atoms with Crippen LogP contribution in [-0.4, -0.2) is 13.0 Å². The second-order valence-electron chi connectivity index (χ2n) is 5.44. The maximum atomic E-state index is 11.5. The smallest absolute Gasteiger partial charge is 0.251 e. The first-order valence-electron chi connectivity index (χ1n) is 7.44. The molecule has 108 valence electrons. The Kier molecular flexibility index (Phi) is 3.91. The second-order valence-corrected chi connectivity index (χ2v) is 5.44. The number of hydrogen-bond acceptors (Lipinski definition) is 2. The lowest BCUT2D eigenvalue weighted by atomic mass is 9.87. The molecule has 0 fully saturated rings. The van der Waals surface area contributed by atoms with Crippen molar-refractivity contribution in [3.8, 4) is 0 Å². The highest BCUT2D eigenvalue weighted by Crippen LogP contribution is 2.32. The number of hydrogen-bond donors (Lipinski definition) is 2. The molecule has 0 saturated heterocycles. The van der Waals surface area contributed by atoms with Gasteiger partial charge < -0.3 is 10.6 Å². The van der Waals surface area contributed by atoms with E-state index in [1.807, 2.05) is 24.3 Å². The molecule has 1 atom stereocenters. The molecule has 2 N–H and O–H groups in total. The number of aryl methyl sites for hydroxylation is 1. The van der Waals surface area contributed by atoms with Gasteiger partial charge >= 0.3 is 0 Å². The minimum atomic E-state index is -0.0513. The fourth-order valence-corrected chi connectivity index (χ4v) is 2.97. The summed E-state index contributed by atoms with van der Waals surface area (Å²) >= 11 is 0. The summed E-state index contributed by atoms with van der Waals surface area (Å²) in [5.74, 6) is -0.0513. The Hall–Kier alpha value is -2.29. The van der Waals surface area contributed by atoms with Gasteiger partial charge in [0, 0.05) is 18.3 Å². The Balaban J connectivity index is 1.77. The summed E-state index contributed by atoms with van der Waals surface area (Å²) in [4.78, 5) is 11.5. The van der Waals surface area contributed by atoms with E-state index in [1.54, 1.807) is 7.05 Å². The van der Waals surface area contributed by atoms with E-state index >= 15 is 0 Å². The highest BCUT2D eigenvalue weighted by atomic mass is 16.1. The van der Waals surface area contributed by atoms with Gasteiger partial charge in [-0.2, -0.15) is 0 Å². The molecule has 3 rings (SSSR count). The van der Waals surface area contributed by atoms with E-state index in [2.05, 4.69) is 34.9 Å². The molecule has 0 aliphatic heterocycles. The highest BCUT2D eigenvalue weighted by Gasteiger charge is 2.19. The van der Waals surface area contributed by atoms with Gasteiger partial charge in [0.1, 0.15) is 0 Å². The Labute approximate surface area is 125 Å². The number of carbonyl (C=O) groups excluding carboxylic acids is 1. The zero-order valence-corrected chi connectivity index (χ0v) is 12.2. The van der Waals surface area contributed by atoms with Crippen LogP contribution in [0.5, 0.6) is 0 Å². The van der Waals surface area contributed by atoms with Gasteiger partial charge in [-0.3, -0.25) is 4.79 Å². The van der Waals surface area contributed by atoms with E-state index < -0.39 is 0 Å². The molecule has 0 aromatic heterocycles. The summed E-state index contributed by atoms with van der Waals surface area (Å²) in [6, 6.07) is 16.7. The minimum Gasteiger partial charge on any atom is -0.378 e. The molecular formula is C18H20N2O. The first kappa shape index (κ1) is 13.7. The molecule has 2 aromatic rings. The molecule has 2 aromatic carbocycles. The van der Waals surface area contributed by atoms with Gasteiger partial charge in [0.05, 0.1) is 6.04 Å². The molecule has 0 saturated carbocycles. The van der Waals surface area contributed by atoms with Crippen molar-refractivity contribution in [2.45, 2.75) is 25.3 Å². The molecule has 0 heterocycles. The van der Waals surface area contributed by atoms with Gasteiger partial charge in [0.2, 0.25) is 0 Å². The SMILES string of the molecule is CNC(=O)c1ccc(NC2CCCc3ccccc32)cc1. The number of fused-ring (bicyclic) bond motifs is 1. The van der Waals surface area contributed by atoms with E-state index in [1.165, 1.54) is 24.0 Å². The predicted molar refractivity (Wildman–Crippen MR) is 85.6 cm³/mol. The molecular weight excluding hydrogens is 260 g/mol. The van der Waals surface area contributed by atoms with Crippen LogP contribution in [-0.2, 0) is 6.42 Å². The maximum absolute atomic E-state index is 11.5. The summed E-state index contributed by atoms with van der Waals surface area (Å²) in [6.07, 6.45) is 3.53.